The molecule has 0 aliphatic carbocycles. The van der Waals surface area contributed by atoms with Gasteiger partial charge in [-0.25, -0.2) is 0 Å². The molecule has 0 saturated heterocycles. The summed E-state index contributed by atoms with van der Waals surface area (Å²) in [4.78, 5) is 0. The van der Waals surface area contributed by atoms with Crippen molar-refractivity contribution in [2.45, 2.75) is 97.7 Å². The summed E-state index contributed by atoms with van der Waals surface area (Å²) in [5.41, 5.74) is 0. The Kier molecular flexibility index (Phi) is 13.3. The van der Waals surface area contributed by atoms with Gasteiger partial charge in [-0.2, -0.15) is 11.8 Å². The monoisotopic (exact) mass is 300 g/mol. The topological polar surface area (TPSA) is 0 Å². The first-order valence-electron chi connectivity index (χ1n) is 9.11. The molecule has 0 N–H and O–H groups in total. The van der Waals surface area contributed by atoms with Crippen LogP contribution in [0.1, 0.15) is 92.4 Å². The number of rotatable bonds is 13. The Bertz CT molecular complexity index is 202. The van der Waals surface area contributed by atoms with Crippen molar-refractivity contribution >= 4 is 11.8 Å². The lowest BCUT2D eigenvalue weighted by Gasteiger charge is -2.24. The molecule has 0 amide bonds. The lowest BCUT2D eigenvalue weighted by atomic mass is 9.88. The summed E-state index contributed by atoms with van der Waals surface area (Å²) < 4.78 is 0. The van der Waals surface area contributed by atoms with Crippen molar-refractivity contribution in [2.24, 2.45) is 17.8 Å². The third kappa shape index (κ3) is 9.32. The van der Waals surface area contributed by atoms with Crippen LogP contribution in [-0.2, 0) is 0 Å². The quantitative estimate of drug-likeness (QED) is 0.347. The van der Waals surface area contributed by atoms with Gasteiger partial charge in [0.25, 0.3) is 0 Å². The minimum Gasteiger partial charge on any atom is -0.162 e. The zero-order valence-electron chi connectivity index (χ0n) is 15.1. The van der Waals surface area contributed by atoms with Crippen LogP contribution in [-0.4, -0.2) is 11.5 Å². The maximum atomic E-state index is 2.43. The van der Waals surface area contributed by atoms with Gasteiger partial charge >= 0.3 is 0 Å². The molecule has 20 heavy (non-hydrogen) atoms. The van der Waals surface area contributed by atoms with Gasteiger partial charge in [0.2, 0.25) is 0 Å². The molecule has 4 unspecified atom stereocenters. The van der Waals surface area contributed by atoms with Gasteiger partial charge in [0.05, 0.1) is 0 Å². The van der Waals surface area contributed by atoms with Crippen LogP contribution in [0.15, 0.2) is 0 Å². The molecular weight excluding hydrogens is 260 g/mol. The summed E-state index contributed by atoms with van der Waals surface area (Å²) >= 11 is 2.10. The van der Waals surface area contributed by atoms with E-state index in [0.717, 1.165) is 23.0 Å². The molecule has 0 aromatic heterocycles. The summed E-state index contributed by atoms with van der Waals surface area (Å²) in [6, 6.07) is 0. The molecule has 0 aliphatic heterocycles. The summed E-state index contributed by atoms with van der Waals surface area (Å²) in [5.74, 6) is 2.80. The second-order valence-corrected chi connectivity index (χ2v) is 7.91. The molecule has 0 radical (unpaired) electrons. The van der Waals surface area contributed by atoms with Crippen molar-refractivity contribution in [2.75, 3.05) is 6.26 Å². The molecule has 0 aromatic rings. The highest BCUT2D eigenvalue weighted by molar-refractivity contribution is 7.99. The summed E-state index contributed by atoms with van der Waals surface area (Å²) in [5, 5.41) is 0.883. The van der Waals surface area contributed by atoms with Crippen LogP contribution in [0.5, 0.6) is 0 Å². The van der Waals surface area contributed by atoms with Crippen molar-refractivity contribution in [3.63, 3.8) is 0 Å². The Morgan fingerprint density at radius 3 is 2.00 bits per heavy atom. The summed E-state index contributed by atoms with van der Waals surface area (Å²) in [6.07, 6.45) is 15.0. The molecule has 0 spiro atoms. The third-order valence-corrected chi connectivity index (χ3v) is 6.45. The molecule has 0 aliphatic rings. The lowest BCUT2D eigenvalue weighted by molar-refractivity contribution is 0.355. The second-order valence-electron chi connectivity index (χ2n) is 6.84. The van der Waals surface area contributed by atoms with E-state index >= 15 is 0 Å². The van der Waals surface area contributed by atoms with E-state index < -0.39 is 0 Å². The molecule has 0 saturated carbocycles. The van der Waals surface area contributed by atoms with Gasteiger partial charge in [-0.15, -0.1) is 0 Å². The molecule has 1 heteroatoms. The third-order valence-electron chi connectivity index (χ3n) is 5.14. The number of hydrogen-bond donors (Lipinski definition) is 0. The van der Waals surface area contributed by atoms with Crippen molar-refractivity contribution in [1.29, 1.82) is 0 Å². The average molecular weight is 301 g/mol. The fraction of sp³-hybridized carbons (Fsp3) is 1.00. The van der Waals surface area contributed by atoms with E-state index in [1.807, 2.05) is 0 Å². The molecule has 0 heterocycles. The Morgan fingerprint density at radius 2 is 1.50 bits per heavy atom. The SMILES string of the molecule is CCCC(CCCC(C)CC)CCC(SC)C(C)CC. The van der Waals surface area contributed by atoms with E-state index in [4.69, 9.17) is 0 Å². The molecule has 0 nitrogen and oxygen atoms in total. The molecule has 122 valence electrons. The Balaban J connectivity index is 4.05. The van der Waals surface area contributed by atoms with E-state index in [1.165, 1.54) is 57.8 Å². The predicted molar refractivity (Wildman–Crippen MR) is 97.7 cm³/mol. The van der Waals surface area contributed by atoms with Crippen LogP contribution in [0.2, 0.25) is 0 Å². The Hall–Kier alpha value is 0.350. The first kappa shape index (κ1) is 20.3. The summed E-state index contributed by atoms with van der Waals surface area (Å²) in [7, 11) is 0. The standard InChI is InChI=1S/C19H40S/c1-7-11-18(13-10-12-16(4)8-2)14-15-19(20-6)17(5)9-3/h16-19H,7-15H2,1-6H3. The van der Waals surface area contributed by atoms with Crippen LogP contribution in [0.4, 0.5) is 0 Å². The smallest absolute Gasteiger partial charge is 0.00699 e. The molecular formula is C19H40S. The zero-order chi connectivity index (χ0) is 15.4. The van der Waals surface area contributed by atoms with E-state index in [1.54, 1.807) is 0 Å². The summed E-state index contributed by atoms with van der Waals surface area (Å²) in [6.45, 7) is 11.8. The molecule has 0 aromatic carbocycles. The van der Waals surface area contributed by atoms with E-state index in [2.05, 4.69) is 52.6 Å². The average Bonchev–Trinajstić information content (AvgIpc) is 2.46. The van der Waals surface area contributed by atoms with Crippen molar-refractivity contribution in [1.82, 2.24) is 0 Å². The normalized spacial score (nSPS) is 17.7. The van der Waals surface area contributed by atoms with Gasteiger partial charge in [0, 0.05) is 5.25 Å². The fourth-order valence-corrected chi connectivity index (χ4v) is 4.13. The van der Waals surface area contributed by atoms with Gasteiger partial charge in [-0.05, 0) is 36.9 Å². The van der Waals surface area contributed by atoms with Gasteiger partial charge < -0.3 is 0 Å². The number of thioether (sulfide) groups is 1. The highest BCUT2D eigenvalue weighted by Crippen LogP contribution is 2.29. The first-order valence-corrected chi connectivity index (χ1v) is 10.4. The lowest BCUT2D eigenvalue weighted by Crippen LogP contribution is -2.15. The van der Waals surface area contributed by atoms with Crippen LogP contribution >= 0.6 is 11.8 Å². The van der Waals surface area contributed by atoms with E-state index in [-0.39, 0.29) is 0 Å². The second kappa shape index (κ2) is 13.0. The minimum absolute atomic E-state index is 0.882. The predicted octanol–water partition coefficient (Wildman–Crippen LogP) is 7.18. The minimum atomic E-state index is 0.882. The highest BCUT2D eigenvalue weighted by atomic mass is 32.2. The largest absolute Gasteiger partial charge is 0.162 e. The van der Waals surface area contributed by atoms with Gasteiger partial charge in [0.15, 0.2) is 0 Å². The van der Waals surface area contributed by atoms with Crippen LogP contribution in [0, 0.1) is 17.8 Å². The van der Waals surface area contributed by atoms with E-state index in [9.17, 15) is 0 Å². The number of hydrogen-bond acceptors (Lipinski definition) is 1. The van der Waals surface area contributed by atoms with Crippen LogP contribution < -0.4 is 0 Å². The Morgan fingerprint density at radius 1 is 0.800 bits per heavy atom. The van der Waals surface area contributed by atoms with Gasteiger partial charge in [0.1, 0.15) is 0 Å². The van der Waals surface area contributed by atoms with Crippen LogP contribution in [0.25, 0.3) is 0 Å². The molecule has 4 atom stereocenters. The molecule has 0 rings (SSSR count). The molecule has 0 fully saturated rings. The highest BCUT2D eigenvalue weighted by Gasteiger charge is 2.17. The van der Waals surface area contributed by atoms with Crippen molar-refractivity contribution < 1.29 is 0 Å². The first-order chi connectivity index (χ1) is 9.58. The van der Waals surface area contributed by atoms with Crippen molar-refractivity contribution in [3.8, 4) is 0 Å². The van der Waals surface area contributed by atoms with Crippen LogP contribution in [0.3, 0.4) is 0 Å². The van der Waals surface area contributed by atoms with E-state index in [0.29, 0.717) is 0 Å². The fourth-order valence-electron chi connectivity index (χ4n) is 3.10. The van der Waals surface area contributed by atoms with Crippen molar-refractivity contribution in [3.05, 3.63) is 0 Å². The Labute approximate surface area is 133 Å². The maximum absolute atomic E-state index is 2.43. The van der Waals surface area contributed by atoms with Gasteiger partial charge in [-0.3, -0.25) is 0 Å². The maximum Gasteiger partial charge on any atom is 0.00699 e. The van der Waals surface area contributed by atoms with Gasteiger partial charge in [-0.1, -0.05) is 79.6 Å². The zero-order valence-corrected chi connectivity index (χ0v) is 15.9. The molecule has 0 bridgehead atoms.